The number of ether oxygens (including phenoxy) is 1. The van der Waals surface area contributed by atoms with E-state index in [2.05, 4.69) is 20.9 Å². The topological polar surface area (TPSA) is 41.2 Å². The molecule has 1 aromatic heterocycles. The predicted molar refractivity (Wildman–Crippen MR) is 78.7 cm³/mol. The number of thioether (sulfide) groups is 1. The maximum Gasteiger partial charge on any atom is 0.166 e. The van der Waals surface area contributed by atoms with Crippen LogP contribution in [-0.4, -0.2) is 53.5 Å². The summed E-state index contributed by atoms with van der Waals surface area (Å²) in [5, 5.41) is 1.03. The lowest BCUT2D eigenvalue weighted by molar-refractivity contribution is 0.0381. The number of aromatic nitrogens is 2. The highest BCUT2D eigenvalue weighted by atomic mass is 32.2. The monoisotopic (exact) mass is 277 g/mol. The number of imidazole rings is 1. The minimum absolute atomic E-state index is 0.886. The molecule has 2 heterocycles. The molecule has 0 saturated carbocycles. The van der Waals surface area contributed by atoms with Crippen LogP contribution in [0.2, 0.25) is 0 Å². The van der Waals surface area contributed by atoms with Crippen molar-refractivity contribution in [2.45, 2.75) is 11.6 Å². The number of nitrogens with zero attached hydrogens (tertiary/aromatic N) is 2. The van der Waals surface area contributed by atoms with Crippen molar-refractivity contribution in [2.75, 3.05) is 38.6 Å². The zero-order valence-corrected chi connectivity index (χ0v) is 11.8. The quantitative estimate of drug-likeness (QED) is 0.673. The maximum atomic E-state index is 5.35. The lowest BCUT2D eigenvalue weighted by atomic mass is 10.3. The van der Waals surface area contributed by atoms with Gasteiger partial charge in [-0.15, -0.1) is 0 Å². The number of morpholine rings is 1. The summed E-state index contributed by atoms with van der Waals surface area (Å²) in [5.41, 5.74) is 2.18. The van der Waals surface area contributed by atoms with E-state index >= 15 is 0 Å². The molecule has 0 atom stereocenters. The molecule has 19 heavy (non-hydrogen) atoms. The Hall–Kier alpha value is -1.04. The number of hydrogen-bond donors (Lipinski definition) is 1. The van der Waals surface area contributed by atoms with E-state index in [0.717, 1.165) is 54.8 Å². The van der Waals surface area contributed by atoms with Gasteiger partial charge in [0.1, 0.15) is 0 Å². The van der Waals surface area contributed by atoms with Gasteiger partial charge in [0.15, 0.2) is 5.16 Å². The van der Waals surface area contributed by atoms with Gasteiger partial charge in [-0.25, -0.2) is 4.98 Å². The highest BCUT2D eigenvalue weighted by molar-refractivity contribution is 7.99. The third kappa shape index (κ3) is 3.49. The van der Waals surface area contributed by atoms with Gasteiger partial charge in [0.05, 0.1) is 24.2 Å². The second kappa shape index (κ2) is 6.41. The van der Waals surface area contributed by atoms with Crippen molar-refractivity contribution in [3.63, 3.8) is 0 Å². The first-order chi connectivity index (χ1) is 9.42. The minimum Gasteiger partial charge on any atom is -0.379 e. The summed E-state index contributed by atoms with van der Waals surface area (Å²) < 4.78 is 5.35. The van der Waals surface area contributed by atoms with Gasteiger partial charge < -0.3 is 9.72 Å². The highest BCUT2D eigenvalue weighted by Gasteiger charge is 2.09. The van der Waals surface area contributed by atoms with Crippen LogP contribution in [-0.2, 0) is 4.74 Å². The van der Waals surface area contributed by atoms with E-state index in [1.54, 1.807) is 0 Å². The number of benzene rings is 1. The summed E-state index contributed by atoms with van der Waals surface area (Å²) >= 11 is 1.81. The van der Waals surface area contributed by atoms with Gasteiger partial charge in [0, 0.05) is 18.8 Å². The first kappa shape index (κ1) is 13.0. The average molecular weight is 277 g/mol. The van der Waals surface area contributed by atoms with Gasteiger partial charge in [-0.2, -0.15) is 0 Å². The van der Waals surface area contributed by atoms with Crippen molar-refractivity contribution in [1.82, 2.24) is 14.9 Å². The molecule has 3 rings (SSSR count). The summed E-state index contributed by atoms with van der Waals surface area (Å²) in [6.45, 7) is 5.09. The molecule has 1 fully saturated rings. The summed E-state index contributed by atoms with van der Waals surface area (Å²) in [7, 11) is 0. The van der Waals surface area contributed by atoms with E-state index < -0.39 is 0 Å². The van der Waals surface area contributed by atoms with Gasteiger partial charge in [-0.05, 0) is 25.1 Å². The average Bonchev–Trinajstić information content (AvgIpc) is 2.87. The molecule has 0 amide bonds. The van der Waals surface area contributed by atoms with E-state index in [-0.39, 0.29) is 0 Å². The molecule has 4 nitrogen and oxygen atoms in total. The van der Waals surface area contributed by atoms with Crippen molar-refractivity contribution in [2.24, 2.45) is 0 Å². The fraction of sp³-hybridized carbons (Fsp3) is 0.500. The molecule has 2 aromatic rings. The molecule has 0 spiro atoms. The molecule has 0 radical (unpaired) electrons. The van der Waals surface area contributed by atoms with Gasteiger partial charge in [0.2, 0.25) is 0 Å². The van der Waals surface area contributed by atoms with Gasteiger partial charge in [-0.1, -0.05) is 23.9 Å². The molecule has 1 aliphatic rings. The molecule has 1 aromatic carbocycles. The van der Waals surface area contributed by atoms with Gasteiger partial charge in [-0.3, -0.25) is 4.90 Å². The molecule has 0 unspecified atom stereocenters. The van der Waals surface area contributed by atoms with E-state index in [9.17, 15) is 0 Å². The smallest absolute Gasteiger partial charge is 0.166 e. The van der Waals surface area contributed by atoms with E-state index in [1.165, 1.54) is 6.42 Å². The first-order valence-electron chi connectivity index (χ1n) is 6.79. The van der Waals surface area contributed by atoms with Crippen molar-refractivity contribution in [3.8, 4) is 0 Å². The van der Waals surface area contributed by atoms with Crippen LogP contribution in [0.3, 0.4) is 0 Å². The first-order valence-corrected chi connectivity index (χ1v) is 7.78. The van der Waals surface area contributed by atoms with Crippen LogP contribution in [0.4, 0.5) is 0 Å². The Balaban J connectivity index is 1.44. The third-order valence-corrected chi connectivity index (χ3v) is 4.29. The minimum atomic E-state index is 0.886. The Labute approximate surface area is 117 Å². The molecule has 0 bridgehead atoms. The Kier molecular flexibility index (Phi) is 4.37. The van der Waals surface area contributed by atoms with Crippen molar-refractivity contribution in [1.29, 1.82) is 0 Å². The number of aromatic amines is 1. The molecule has 102 valence electrons. The molecule has 1 N–H and O–H groups in total. The Morgan fingerprint density at radius 2 is 2.11 bits per heavy atom. The molecule has 1 saturated heterocycles. The SMILES string of the molecule is c1ccc2[nH]c(SCCCN3CCOCC3)nc2c1. The Morgan fingerprint density at radius 3 is 2.95 bits per heavy atom. The predicted octanol–water partition coefficient (Wildman–Crippen LogP) is 2.38. The lowest BCUT2D eigenvalue weighted by Crippen LogP contribution is -2.36. The second-order valence-corrected chi connectivity index (χ2v) is 5.80. The van der Waals surface area contributed by atoms with Gasteiger partial charge >= 0.3 is 0 Å². The van der Waals surface area contributed by atoms with Crippen LogP contribution in [0.1, 0.15) is 6.42 Å². The van der Waals surface area contributed by atoms with Crippen LogP contribution < -0.4 is 0 Å². The Morgan fingerprint density at radius 1 is 1.26 bits per heavy atom. The second-order valence-electron chi connectivity index (χ2n) is 4.72. The van der Waals surface area contributed by atoms with Crippen molar-refractivity contribution >= 4 is 22.8 Å². The molecular weight excluding hydrogens is 258 g/mol. The van der Waals surface area contributed by atoms with Crippen molar-refractivity contribution in [3.05, 3.63) is 24.3 Å². The Bertz CT molecular complexity index is 489. The number of nitrogens with one attached hydrogen (secondary N) is 1. The molecule has 5 heteroatoms. The van der Waals surface area contributed by atoms with Crippen LogP contribution in [0.15, 0.2) is 29.4 Å². The summed E-state index contributed by atoms with van der Waals surface area (Å²) in [5.74, 6) is 1.11. The van der Waals surface area contributed by atoms with Crippen LogP contribution >= 0.6 is 11.8 Å². The van der Waals surface area contributed by atoms with Crippen LogP contribution in [0.25, 0.3) is 11.0 Å². The highest BCUT2D eigenvalue weighted by Crippen LogP contribution is 2.19. The zero-order valence-electron chi connectivity index (χ0n) is 11.0. The van der Waals surface area contributed by atoms with Gasteiger partial charge in [0.25, 0.3) is 0 Å². The summed E-state index contributed by atoms with van der Waals surface area (Å²) in [4.78, 5) is 10.4. The number of para-hydroxylation sites is 2. The third-order valence-electron chi connectivity index (χ3n) is 3.33. The molecule has 0 aliphatic carbocycles. The lowest BCUT2D eigenvalue weighted by Gasteiger charge is -2.26. The number of hydrogen-bond acceptors (Lipinski definition) is 4. The maximum absolute atomic E-state index is 5.35. The number of rotatable bonds is 5. The van der Waals surface area contributed by atoms with E-state index in [0.29, 0.717) is 0 Å². The van der Waals surface area contributed by atoms with Crippen molar-refractivity contribution < 1.29 is 4.74 Å². The number of H-pyrrole nitrogens is 1. The van der Waals surface area contributed by atoms with E-state index in [1.807, 2.05) is 30.0 Å². The molecule has 1 aliphatic heterocycles. The largest absolute Gasteiger partial charge is 0.379 e. The standard InChI is InChI=1S/C14H19N3OS/c1-2-5-13-12(4-1)15-14(16-13)19-11-3-6-17-7-9-18-10-8-17/h1-2,4-5H,3,6-11H2,(H,15,16). The zero-order chi connectivity index (χ0) is 12.9. The fourth-order valence-corrected chi connectivity index (χ4v) is 3.09. The fourth-order valence-electron chi connectivity index (χ4n) is 2.28. The summed E-state index contributed by atoms with van der Waals surface area (Å²) in [6, 6.07) is 8.17. The number of fused-ring (bicyclic) bond motifs is 1. The van der Waals surface area contributed by atoms with Crippen LogP contribution in [0, 0.1) is 0 Å². The van der Waals surface area contributed by atoms with Crippen LogP contribution in [0.5, 0.6) is 0 Å². The summed E-state index contributed by atoms with van der Waals surface area (Å²) in [6.07, 6.45) is 1.20. The van der Waals surface area contributed by atoms with E-state index in [4.69, 9.17) is 4.74 Å². The molecular formula is C14H19N3OS. The normalized spacial score (nSPS) is 17.1.